The topological polar surface area (TPSA) is 75.7 Å². The fourth-order valence-electron chi connectivity index (χ4n) is 2.62. The van der Waals surface area contributed by atoms with E-state index in [0.29, 0.717) is 10.8 Å². The molecule has 0 radical (unpaired) electrons. The number of rotatable bonds is 10. The van der Waals surface area contributed by atoms with E-state index in [1.54, 1.807) is 12.1 Å². The van der Waals surface area contributed by atoms with Crippen molar-refractivity contribution in [3.8, 4) is 5.75 Å². The van der Waals surface area contributed by atoms with Crippen molar-refractivity contribution in [3.63, 3.8) is 0 Å². The Kier molecular flexibility index (Phi) is 8.43. The predicted octanol–water partition coefficient (Wildman–Crippen LogP) is 3.67. The Morgan fingerprint density at radius 1 is 1.17 bits per heavy atom. The quantitative estimate of drug-likeness (QED) is 0.549. The summed E-state index contributed by atoms with van der Waals surface area (Å²) in [4.78, 5) is 12.0. The molecule has 0 fully saturated rings. The Bertz CT molecular complexity index is 1000. The SMILES string of the molecule is Cc1ccc(OCCNC(=O)CCCN(c2ccc(F)c(F)c2)S(C)(=O)=O)cc1Cl. The molecule has 0 saturated carbocycles. The molecule has 2 aromatic rings. The van der Waals surface area contributed by atoms with E-state index in [4.69, 9.17) is 16.3 Å². The molecule has 1 amide bonds. The van der Waals surface area contributed by atoms with Crippen molar-refractivity contribution < 1.29 is 26.7 Å². The number of carbonyl (C=O) groups excluding carboxylic acids is 1. The largest absolute Gasteiger partial charge is 0.492 e. The number of nitrogens with one attached hydrogen (secondary N) is 1. The molecule has 0 aliphatic heterocycles. The van der Waals surface area contributed by atoms with Gasteiger partial charge in [-0.05, 0) is 43.2 Å². The number of amides is 1. The first-order valence-electron chi connectivity index (χ1n) is 9.16. The van der Waals surface area contributed by atoms with Crippen LogP contribution >= 0.6 is 11.6 Å². The highest BCUT2D eigenvalue weighted by Crippen LogP contribution is 2.22. The van der Waals surface area contributed by atoms with Gasteiger partial charge >= 0.3 is 0 Å². The number of ether oxygens (including phenoxy) is 1. The van der Waals surface area contributed by atoms with Crippen molar-refractivity contribution >= 4 is 33.2 Å². The van der Waals surface area contributed by atoms with Crippen LogP contribution in [-0.4, -0.2) is 40.3 Å². The Balaban J connectivity index is 1.78. The number of hydrogen-bond acceptors (Lipinski definition) is 4. The van der Waals surface area contributed by atoms with Crippen LogP contribution in [0.15, 0.2) is 36.4 Å². The normalized spacial score (nSPS) is 11.2. The van der Waals surface area contributed by atoms with Gasteiger partial charge in [0, 0.05) is 24.1 Å². The van der Waals surface area contributed by atoms with Crippen LogP contribution in [0.3, 0.4) is 0 Å². The fourth-order valence-corrected chi connectivity index (χ4v) is 3.75. The molecule has 0 aliphatic carbocycles. The molecule has 0 bridgehead atoms. The Morgan fingerprint density at radius 2 is 1.90 bits per heavy atom. The van der Waals surface area contributed by atoms with Crippen molar-refractivity contribution in [2.75, 3.05) is 30.3 Å². The van der Waals surface area contributed by atoms with E-state index in [1.807, 2.05) is 13.0 Å². The molecule has 0 aromatic heterocycles. The van der Waals surface area contributed by atoms with Gasteiger partial charge in [-0.2, -0.15) is 0 Å². The van der Waals surface area contributed by atoms with Crippen molar-refractivity contribution in [2.45, 2.75) is 19.8 Å². The van der Waals surface area contributed by atoms with Gasteiger partial charge in [-0.1, -0.05) is 17.7 Å². The van der Waals surface area contributed by atoms with E-state index in [9.17, 15) is 22.0 Å². The van der Waals surface area contributed by atoms with Crippen LogP contribution in [0.2, 0.25) is 5.02 Å². The lowest BCUT2D eigenvalue weighted by Crippen LogP contribution is -2.33. The molecule has 0 saturated heterocycles. The summed E-state index contributed by atoms with van der Waals surface area (Å²) in [5.74, 6) is -1.90. The second-order valence-corrected chi connectivity index (χ2v) is 8.96. The highest BCUT2D eigenvalue weighted by atomic mass is 35.5. The van der Waals surface area contributed by atoms with Gasteiger partial charge in [0.05, 0.1) is 18.5 Å². The van der Waals surface area contributed by atoms with Crippen LogP contribution in [0.1, 0.15) is 18.4 Å². The summed E-state index contributed by atoms with van der Waals surface area (Å²) in [6.07, 6.45) is 1.22. The number of benzene rings is 2. The lowest BCUT2D eigenvalue weighted by Gasteiger charge is -2.22. The number of carbonyl (C=O) groups is 1. The number of sulfonamides is 1. The van der Waals surface area contributed by atoms with Crippen LogP contribution in [0.25, 0.3) is 0 Å². The van der Waals surface area contributed by atoms with Crippen molar-refractivity contribution in [3.05, 3.63) is 58.6 Å². The first-order chi connectivity index (χ1) is 14.1. The zero-order valence-corrected chi connectivity index (χ0v) is 18.2. The van der Waals surface area contributed by atoms with Crippen molar-refractivity contribution in [2.24, 2.45) is 0 Å². The van der Waals surface area contributed by atoms with E-state index in [2.05, 4.69) is 5.32 Å². The average Bonchev–Trinajstić information content (AvgIpc) is 2.66. The predicted molar refractivity (Wildman–Crippen MR) is 112 cm³/mol. The van der Waals surface area contributed by atoms with Gasteiger partial charge in [0.2, 0.25) is 15.9 Å². The minimum Gasteiger partial charge on any atom is -0.492 e. The van der Waals surface area contributed by atoms with Crippen LogP contribution in [-0.2, 0) is 14.8 Å². The van der Waals surface area contributed by atoms with E-state index >= 15 is 0 Å². The van der Waals surface area contributed by atoms with E-state index in [1.165, 1.54) is 6.07 Å². The lowest BCUT2D eigenvalue weighted by molar-refractivity contribution is -0.121. The highest BCUT2D eigenvalue weighted by molar-refractivity contribution is 7.92. The summed E-state index contributed by atoms with van der Waals surface area (Å²) in [6, 6.07) is 8.14. The monoisotopic (exact) mass is 460 g/mol. The molecule has 0 heterocycles. The van der Waals surface area contributed by atoms with E-state index < -0.39 is 21.7 Å². The standard InChI is InChI=1S/C20H23ClF2N2O4S/c1-14-5-7-16(13-17(14)21)29-11-9-24-20(26)4-3-10-25(30(2,27)28)15-6-8-18(22)19(23)12-15/h5-8,12-13H,3-4,9-11H2,1-2H3,(H,24,26). The molecular formula is C20H23ClF2N2O4S. The lowest BCUT2D eigenvalue weighted by atomic mass is 10.2. The molecule has 0 unspecified atom stereocenters. The second-order valence-electron chi connectivity index (χ2n) is 6.65. The number of anilines is 1. The van der Waals surface area contributed by atoms with Gasteiger partial charge < -0.3 is 10.1 Å². The summed E-state index contributed by atoms with van der Waals surface area (Å²) in [7, 11) is -3.72. The van der Waals surface area contributed by atoms with E-state index in [0.717, 1.165) is 28.3 Å². The van der Waals surface area contributed by atoms with E-state index in [-0.39, 0.29) is 44.1 Å². The molecular weight excluding hydrogens is 438 g/mol. The van der Waals surface area contributed by atoms with Crippen LogP contribution in [0, 0.1) is 18.6 Å². The molecule has 10 heteroatoms. The maximum absolute atomic E-state index is 13.4. The van der Waals surface area contributed by atoms with Gasteiger partial charge in [0.15, 0.2) is 11.6 Å². The third-order valence-electron chi connectivity index (χ3n) is 4.19. The van der Waals surface area contributed by atoms with Crippen LogP contribution in [0.5, 0.6) is 5.75 Å². The molecule has 0 spiro atoms. The maximum Gasteiger partial charge on any atom is 0.232 e. The molecule has 30 heavy (non-hydrogen) atoms. The zero-order chi connectivity index (χ0) is 22.3. The Morgan fingerprint density at radius 3 is 2.53 bits per heavy atom. The van der Waals surface area contributed by atoms with Gasteiger partial charge in [0.1, 0.15) is 12.4 Å². The average molecular weight is 461 g/mol. The smallest absolute Gasteiger partial charge is 0.232 e. The number of nitrogens with zero attached hydrogens (tertiary/aromatic N) is 1. The van der Waals surface area contributed by atoms with Crippen molar-refractivity contribution in [1.29, 1.82) is 0 Å². The van der Waals surface area contributed by atoms with Crippen LogP contribution in [0.4, 0.5) is 14.5 Å². The summed E-state index contributed by atoms with van der Waals surface area (Å²) in [5, 5.41) is 3.26. The third kappa shape index (κ3) is 7.14. The Hall–Kier alpha value is -2.39. The minimum atomic E-state index is -3.72. The van der Waals surface area contributed by atoms with Crippen molar-refractivity contribution in [1.82, 2.24) is 5.32 Å². The summed E-state index contributed by atoms with van der Waals surface area (Å²) in [6.45, 7) is 2.35. The zero-order valence-electron chi connectivity index (χ0n) is 16.6. The fraction of sp³-hybridized carbons (Fsp3) is 0.350. The summed E-state index contributed by atoms with van der Waals surface area (Å²) < 4.78 is 56.9. The third-order valence-corrected chi connectivity index (χ3v) is 5.79. The number of hydrogen-bond donors (Lipinski definition) is 1. The maximum atomic E-state index is 13.4. The molecule has 2 aromatic carbocycles. The molecule has 2 rings (SSSR count). The van der Waals surface area contributed by atoms with Crippen LogP contribution < -0.4 is 14.4 Å². The summed E-state index contributed by atoms with van der Waals surface area (Å²) in [5.41, 5.74) is 0.936. The first-order valence-corrected chi connectivity index (χ1v) is 11.4. The number of halogens is 3. The van der Waals surface area contributed by atoms with Gasteiger partial charge in [-0.3, -0.25) is 9.10 Å². The highest BCUT2D eigenvalue weighted by Gasteiger charge is 2.19. The molecule has 0 atom stereocenters. The van der Waals surface area contributed by atoms with Gasteiger partial charge in [-0.25, -0.2) is 17.2 Å². The molecule has 164 valence electrons. The minimum absolute atomic E-state index is 0.00182. The molecule has 1 N–H and O–H groups in total. The number of aryl methyl sites for hydroxylation is 1. The Labute approximate surface area is 179 Å². The summed E-state index contributed by atoms with van der Waals surface area (Å²) >= 11 is 6.02. The first kappa shape index (κ1) is 23.9. The molecule has 6 nitrogen and oxygen atoms in total. The second kappa shape index (κ2) is 10.6. The van der Waals surface area contributed by atoms with Gasteiger partial charge in [-0.15, -0.1) is 0 Å². The van der Waals surface area contributed by atoms with Gasteiger partial charge in [0.25, 0.3) is 0 Å². The molecule has 0 aliphatic rings.